The summed E-state index contributed by atoms with van der Waals surface area (Å²) >= 11 is 0. The minimum Gasteiger partial charge on any atom is -0.507 e. The van der Waals surface area contributed by atoms with E-state index in [0.717, 1.165) is 0 Å². The van der Waals surface area contributed by atoms with Gasteiger partial charge in [0, 0.05) is 47.8 Å². The number of benzene rings is 1. The Balaban J connectivity index is 1.77. The standard InChI is InChI=1S/C24H29N5O5/c1-4-10-29(18-7-5-6-16(11-18)23(33)26-14-22(31)32)21-8-9-25-24(28-21)27-17-12-19(30)15(2)20(13-17)34-3/h4-10,12-13,18,24-25,27,30H,11,14H2,1-3H3,(H,26,33)(H,31,32)/b10-4-. The zero-order valence-electron chi connectivity index (χ0n) is 19.3. The van der Waals surface area contributed by atoms with Crippen LogP contribution in [-0.4, -0.2) is 58.8 Å². The third-order valence-corrected chi connectivity index (χ3v) is 5.29. The molecule has 1 aliphatic heterocycles. The minimum absolute atomic E-state index is 0.112. The molecule has 0 spiro atoms. The van der Waals surface area contributed by atoms with Crippen molar-refractivity contribution in [3.8, 4) is 11.5 Å². The Hall–Kier alpha value is -4.21. The molecule has 5 N–H and O–H groups in total. The van der Waals surface area contributed by atoms with Crippen LogP contribution in [0.1, 0.15) is 18.9 Å². The molecule has 0 bridgehead atoms. The summed E-state index contributed by atoms with van der Waals surface area (Å²) in [6.45, 7) is 3.22. The van der Waals surface area contributed by atoms with E-state index in [1.807, 2.05) is 36.3 Å². The summed E-state index contributed by atoms with van der Waals surface area (Å²) in [4.78, 5) is 29.8. The molecule has 0 fully saturated rings. The Labute approximate surface area is 198 Å². The Morgan fingerprint density at radius 3 is 2.88 bits per heavy atom. The molecule has 0 saturated heterocycles. The fraction of sp³-hybridized carbons (Fsp3) is 0.292. The van der Waals surface area contributed by atoms with Gasteiger partial charge in [-0.3, -0.25) is 9.59 Å². The number of amides is 1. The number of nitrogens with one attached hydrogen (secondary N) is 3. The lowest BCUT2D eigenvalue weighted by atomic mass is 9.98. The van der Waals surface area contributed by atoms with Crippen molar-refractivity contribution in [3.05, 3.63) is 66.0 Å². The van der Waals surface area contributed by atoms with Gasteiger partial charge in [0.05, 0.1) is 13.2 Å². The summed E-state index contributed by atoms with van der Waals surface area (Å²) in [6, 6.07) is 3.19. The first-order valence-corrected chi connectivity index (χ1v) is 10.8. The number of phenolic OH excluding ortho intramolecular Hbond substituents is 1. The van der Waals surface area contributed by atoms with Crippen molar-refractivity contribution >= 4 is 23.4 Å². The number of methoxy groups -OCH3 is 1. The van der Waals surface area contributed by atoms with Crippen molar-refractivity contribution in [2.75, 3.05) is 19.0 Å². The second-order valence-corrected chi connectivity index (χ2v) is 7.67. The molecule has 2 unspecified atom stereocenters. The van der Waals surface area contributed by atoms with E-state index in [2.05, 4.69) is 16.0 Å². The summed E-state index contributed by atoms with van der Waals surface area (Å²) in [5.74, 6) is -0.186. The van der Waals surface area contributed by atoms with Crippen molar-refractivity contribution in [2.45, 2.75) is 32.6 Å². The predicted molar refractivity (Wildman–Crippen MR) is 129 cm³/mol. The van der Waals surface area contributed by atoms with Crippen molar-refractivity contribution < 1.29 is 24.5 Å². The van der Waals surface area contributed by atoms with Crippen LogP contribution < -0.4 is 20.7 Å². The third kappa shape index (κ3) is 5.97. The van der Waals surface area contributed by atoms with Crippen molar-refractivity contribution in [1.29, 1.82) is 0 Å². The molecule has 0 aromatic heterocycles. The maximum absolute atomic E-state index is 12.4. The highest BCUT2D eigenvalue weighted by Gasteiger charge is 2.25. The monoisotopic (exact) mass is 467 g/mol. The Bertz CT molecular complexity index is 1090. The van der Waals surface area contributed by atoms with Crippen LogP contribution in [0.2, 0.25) is 0 Å². The highest BCUT2D eigenvalue weighted by molar-refractivity contribution is 5.97. The second-order valence-electron chi connectivity index (χ2n) is 7.67. The number of nitrogens with zero attached hydrogens (tertiary/aromatic N) is 2. The SMILES string of the molecule is C/C=C\N(C1=NC(Nc2cc(O)c(C)c(OC)c2)NC=C1)C1C=CC=C(C(=O)NCC(=O)O)C1. The van der Waals surface area contributed by atoms with E-state index in [1.54, 1.807) is 44.5 Å². The van der Waals surface area contributed by atoms with Gasteiger partial charge in [-0.1, -0.05) is 24.3 Å². The molecule has 0 radical (unpaired) electrons. The van der Waals surface area contributed by atoms with Gasteiger partial charge in [0.1, 0.15) is 23.9 Å². The van der Waals surface area contributed by atoms with Crippen LogP contribution in [0.3, 0.4) is 0 Å². The molecule has 1 aliphatic carbocycles. The second kappa shape index (κ2) is 11.1. The van der Waals surface area contributed by atoms with E-state index in [9.17, 15) is 14.7 Å². The quantitative estimate of drug-likeness (QED) is 0.393. The number of carbonyl (C=O) groups excluding carboxylic acids is 1. The smallest absolute Gasteiger partial charge is 0.322 e. The summed E-state index contributed by atoms with van der Waals surface area (Å²) in [6.07, 6.45) is 12.6. The molecule has 1 amide bonds. The summed E-state index contributed by atoms with van der Waals surface area (Å²) < 4.78 is 5.32. The van der Waals surface area contributed by atoms with Gasteiger partial charge in [-0.15, -0.1) is 0 Å². The predicted octanol–water partition coefficient (Wildman–Crippen LogP) is 2.21. The van der Waals surface area contributed by atoms with Crippen LogP contribution in [0.5, 0.6) is 11.5 Å². The number of carbonyl (C=O) groups is 2. The number of carboxylic acids is 1. The number of allylic oxidation sites excluding steroid dienone is 3. The van der Waals surface area contributed by atoms with Crippen LogP contribution in [0, 0.1) is 6.92 Å². The maximum Gasteiger partial charge on any atom is 0.322 e. The van der Waals surface area contributed by atoms with E-state index < -0.39 is 24.7 Å². The van der Waals surface area contributed by atoms with E-state index in [0.29, 0.717) is 34.8 Å². The minimum atomic E-state index is -1.10. The average molecular weight is 468 g/mol. The molecule has 1 heterocycles. The number of ether oxygens (including phenoxy) is 1. The topological polar surface area (TPSA) is 136 Å². The zero-order chi connectivity index (χ0) is 24.7. The number of aliphatic carboxylic acids is 1. The van der Waals surface area contributed by atoms with Gasteiger partial charge in [0.15, 0.2) is 6.29 Å². The van der Waals surface area contributed by atoms with Crippen molar-refractivity contribution in [2.24, 2.45) is 4.99 Å². The Kier molecular flexibility index (Phi) is 7.96. The lowest BCUT2D eigenvalue weighted by Gasteiger charge is -2.33. The molecule has 3 rings (SSSR count). The first-order valence-electron chi connectivity index (χ1n) is 10.8. The lowest BCUT2D eigenvalue weighted by Crippen LogP contribution is -2.42. The highest BCUT2D eigenvalue weighted by atomic mass is 16.5. The molecule has 0 saturated carbocycles. The summed E-state index contributed by atoms with van der Waals surface area (Å²) in [5.41, 5.74) is 1.76. The molecular formula is C24H29N5O5. The normalized spacial score (nSPS) is 19.1. The number of anilines is 1. The number of phenols is 1. The molecular weight excluding hydrogens is 438 g/mol. The van der Waals surface area contributed by atoms with Crippen LogP contribution in [0.4, 0.5) is 5.69 Å². The molecule has 34 heavy (non-hydrogen) atoms. The molecule has 180 valence electrons. The van der Waals surface area contributed by atoms with Gasteiger partial charge < -0.3 is 35.8 Å². The molecule has 1 aromatic carbocycles. The lowest BCUT2D eigenvalue weighted by molar-refractivity contribution is -0.137. The molecule has 2 aliphatic rings. The number of hydrogen-bond donors (Lipinski definition) is 5. The molecule has 10 nitrogen and oxygen atoms in total. The van der Waals surface area contributed by atoms with Gasteiger partial charge in [-0.2, -0.15) is 0 Å². The first kappa shape index (κ1) is 24.4. The third-order valence-electron chi connectivity index (χ3n) is 5.29. The summed E-state index contributed by atoms with van der Waals surface area (Å²) in [5, 5.41) is 27.7. The maximum atomic E-state index is 12.4. The first-order chi connectivity index (χ1) is 16.3. The number of carboxylic acid groups (broad SMARTS) is 1. The van der Waals surface area contributed by atoms with Crippen molar-refractivity contribution in [3.63, 3.8) is 0 Å². The van der Waals surface area contributed by atoms with Crippen LogP contribution in [-0.2, 0) is 9.59 Å². The van der Waals surface area contributed by atoms with E-state index in [1.165, 1.54) is 0 Å². The van der Waals surface area contributed by atoms with Crippen LogP contribution in [0.25, 0.3) is 0 Å². The van der Waals surface area contributed by atoms with Gasteiger partial charge >= 0.3 is 5.97 Å². The zero-order valence-corrected chi connectivity index (χ0v) is 19.3. The number of hydrogen-bond acceptors (Lipinski definition) is 8. The Morgan fingerprint density at radius 1 is 1.38 bits per heavy atom. The van der Waals surface area contributed by atoms with Gasteiger partial charge in [0.25, 0.3) is 0 Å². The number of amidine groups is 1. The molecule has 2 atom stereocenters. The number of aliphatic imine (C=N–C) groups is 1. The highest BCUT2D eigenvalue weighted by Crippen LogP contribution is 2.31. The van der Waals surface area contributed by atoms with E-state index in [4.69, 9.17) is 14.8 Å². The largest absolute Gasteiger partial charge is 0.507 e. The van der Waals surface area contributed by atoms with Gasteiger partial charge in [-0.05, 0) is 19.9 Å². The van der Waals surface area contributed by atoms with Gasteiger partial charge in [-0.25, -0.2) is 4.99 Å². The van der Waals surface area contributed by atoms with Crippen LogP contribution in [0.15, 0.2) is 65.5 Å². The number of rotatable bonds is 8. The van der Waals surface area contributed by atoms with E-state index in [-0.39, 0.29) is 11.8 Å². The summed E-state index contributed by atoms with van der Waals surface area (Å²) in [7, 11) is 1.54. The molecule has 1 aromatic rings. The van der Waals surface area contributed by atoms with E-state index >= 15 is 0 Å². The van der Waals surface area contributed by atoms with Gasteiger partial charge in [0.2, 0.25) is 5.91 Å². The van der Waals surface area contributed by atoms with Crippen molar-refractivity contribution in [1.82, 2.24) is 15.5 Å². The Morgan fingerprint density at radius 2 is 2.18 bits per heavy atom. The fourth-order valence-corrected chi connectivity index (χ4v) is 3.59. The average Bonchev–Trinajstić information content (AvgIpc) is 2.83. The number of aromatic hydroxyl groups is 1. The fourth-order valence-electron chi connectivity index (χ4n) is 3.59. The van der Waals surface area contributed by atoms with Crippen LogP contribution >= 0.6 is 0 Å². The molecule has 10 heteroatoms.